The van der Waals surface area contributed by atoms with Crippen LogP contribution in [0.3, 0.4) is 0 Å². The van der Waals surface area contributed by atoms with E-state index < -0.39 is 0 Å². The highest BCUT2D eigenvalue weighted by molar-refractivity contribution is 5.94. The zero-order chi connectivity index (χ0) is 17.1. The van der Waals surface area contributed by atoms with Crippen molar-refractivity contribution in [3.8, 4) is 5.75 Å². The number of carbonyl (C=O) groups excluding carboxylic acids is 1. The van der Waals surface area contributed by atoms with Crippen LogP contribution in [0.4, 0.5) is 0 Å². The molecule has 1 fully saturated rings. The molecule has 1 atom stereocenters. The van der Waals surface area contributed by atoms with Crippen LogP contribution in [-0.2, 0) is 6.61 Å². The number of carbonyl (C=O) groups is 1. The predicted octanol–water partition coefficient (Wildman–Crippen LogP) is 2.00. The zero-order valence-corrected chi connectivity index (χ0v) is 13.8. The summed E-state index contributed by atoms with van der Waals surface area (Å²) in [4.78, 5) is 16.8. The van der Waals surface area contributed by atoms with E-state index in [1.54, 1.807) is 12.1 Å². The van der Waals surface area contributed by atoms with Crippen molar-refractivity contribution in [3.63, 3.8) is 0 Å². The standard InChI is InChI=1S/C19H20N4O2/c24-19(22-15-7-8-20-11-15)14-4-3-5-17(10-14)25-13-16-12-23-9-2-1-6-18(23)21-16/h1-6,9-10,12,15,20H,7-8,11,13H2,(H,22,24). The minimum absolute atomic E-state index is 0.0631. The lowest BCUT2D eigenvalue weighted by atomic mass is 10.1. The number of hydrogen-bond donors (Lipinski definition) is 2. The van der Waals surface area contributed by atoms with Gasteiger partial charge in [-0.2, -0.15) is 0 Å². The molecule has 1 saturated heterocycles. The maximum absolute atomic E-state index is 12.3. The molecule has 0 saturated carbocycles. The summed E-state index contributed by atoms with van der Waals surface area (Å²) in [5.74, 6) is 0.598. The number of imidazole rings is 1. The van der Waals surface area contributed by atoms with E-state index >= 15 is 0 Å². The Kier molecular flexibility index (Phi) is 4.35. The number of amides is 1. The third kappa shape index (κ3) is 3.64. The summed E-state index contributed by atoms with van der Waals surface area (Å²) >= 11 is 0. The van der Waals surface area contributed by atoms with Gasteiger partial charge in [0.1, 0.15) is 18.0 Å². The van der Waals surface area contributed by atoms with Crippen molar-refractivity contribution in [2.75, 3.05) is 13.1 Å². The number of hydrogen-bond acceptors (Lipinski definition) is 4. The molecule has 3 aromatic rings. The number of ether oxygens (including phenoxy) is 1. The van der Waals surface area contributed by atoms with Crippen molar-refractivity contribution < 1.29 is 9.53 Å². The molecule has 1 aromatic carbocycles. The minimum Gasteiger partial charge on any atom is -0.487 e. The molecule has 0 aliphatic carbocycles. The first-order valence-electron chi connectivity index (χ1n) is 8.45. The Balaban J connectivity index is 1.41. The molecule has 0 radical (unpaired) electrons. The fourth-order valence-corrected chi connectivity index (χ4v) is 2.99. The number of nitrogens with one attached hydrogen (secondary N) is 2. The van der Waals surface area contributed by atoms with Crippen molar-refractivity contribution >= 4 is 11.6 Å². The van der Waals surface area contributed by atoms with Gasteiger partial charge in [0.25, 0.3) is 5.91 Å². The molecular weight excluding hydrogens is 316 g/mol. The predicted molar refractivity (Wildman–Crippen MR) is 94.7 cm³/mol. The molecule has 2 aromatic heterocycles. The molecule has 1 aliphatic rings. The van der Waals surface area contributed by atoms with Gasteiger partial charge in [-0.3, -0.25) is 4.79 Å². The molecule has 25 heavy (non-hydrogen) atoms. The Hall–Kier alpha value is -2.86. The van der Waals surface area contributed by atoms with Crippen LogP contribution in [0.25, 0.3) is 5.65 Å². The van der Waals surface area contributed by atoms with Gasteiger partial charge in [-0.15, -0.1) is 0 Å². The average Bonchev–Trinajstić information content (AvgIpc) is 3.29. The fourth-order valence-electron chi connectivity index (χ4n) is 2.99. The summed E-state index contributed by atoms with van der Waals surface area (Å²) in [7, 11) is 0. The zero-order valence-electron chi connectivity index (χ0n) is 13.8. The van der Waals surface area contributed by atoms with E-state index in [1.807, 2.05) is 47.1 Å². The summed E-state index contributed by atoms with van der Waals surface area (Å²) in [6.45, 7) is 2.14. The van der Waals surface area contributed by atoms with Gasteiger partial charge < -0.3 is 19.8 Å². The number of fused-ring (bicyclic) bond motifs is 1. The second kappa shape index (κ2) is 6.94. The average molecular weight is 336 g/mol. The highest BCUT2D eigenvalue weighted by atomic mass is 16.5. The molecule has 6 heteroatoms. The minimum atomic E-state index is -0.0631. The third-order valence-corrected chi connectivity index (χ3v) is 4.29. The van der Waals surface area contributed by atoms with Gasteiger partial charge in [-0.05, 0) is 43.3 Å². The quantitative estimate of drug-likeness (QED) is 0.748. The molecule has 1 amide bonds. The maximum atomic E-state index is 12.3. The van der Waals surface area contributed by atoms with Crippen molar-refractivity contribution in [2.45, 2.75) is 19.1 Å². The van der Waals surface area contributed by atoms with Crippen LogP contribution in [0.2, 0.25) is 0 Å². The summed E-state index contributed by atoms with van der Waals surface area (Å²) in [5.41, 5.74) is 2.34. The topological polar surface area (TPSA) is 67.7 Å². The van der Waals surface area contributed by atoms with Gasteiger partial charge in [0, 0.05) is 30.5 Å². The molecule has 2 N–H and O–H groups in total. The van der Waals surface area contributed by atoms with Crippen LogP contribution in [0.5, 0.6) is 5.75 Å². The van der Waals surface area contributed by atoms with Gasteiger partial charge in [0.15, 0.2) is 0 Å². The first kappa shape index (κ1) is 15.7. The van der Waals surface area contributed by atoms with E-state index in [1.165, 1.54) is 0 Å². The lowest BCUT2D eigenvalue weighted by molar-refractivity contribution is 0.0939. The van der Waals surface area contributed by atoms with Gasteiger partial charge >= 0.3 is 0 Å². The Bertz CT molecular complexity index is 851. The van der Waals surface area contributed by atoms with Crippen molar-refractivity contribution in [1.29, 1.82) is 0 Å². The molecular formula is C19H20N4O2. The van der Waals surface area contributed by atoms with Gasteiger partial charge in [-0.25, -0.2) is 4.98 Å². The third-order valence-electron chi connectivity index (χ3n) is 4.29. The lowest BCUT2D eigenvalue weighted by Crippen LogP contribution is -2.36. The van der Waals surface area contributed by atoms with E-state index in [2.05, 4.69) is 15.6 Å². The molecule has 1 aliphatic heterocycles. The van der Waals surface area contributed by atoms with Crippen LogP contribution in [0.1, 0.15) is 22.5 Å². The maximum Gasteiger partial charge on any atom is 0.251 e. The molecule has 0 spiro atoms. The van der Waals surface area contributed by atoms with Gasteiger partial charge in [0.2, 0.25) is 0 Å². The Morgan fingerprint density at radius 3 is 3.12 bits per heavy atom. The summed E-state index contributed by atoms with van der Waals surface area (Å²) in [5, 5.41) is 6.28. The second-order valence-corrected chi connectivity index (χ2v) is 6.18. The van der Waals surface area contributed by atoms with Crippen LogP contribution in [0, 0.1) is 0 Å². The van der Waals surface area contributed by atoms with E-state index in [0.29, 0.717) is 17.9 Å². The van der Waals surface area contributed by atoms with Crippen molar-refractivity contribution in [2.24, 2.45) is 0 Å². The monoisotopic (exact) mass is 336 g/mol. The Labute approximate surface area is 145 Å². The number of benzene rings is 1. The molecule has 1 unspecified atom stereocenters. The highest BCUT2D eigenvalue weighted by Crippen LogP contribution is 2.16. The fraction of sp³-hybridized carbons (Fsp3) is 0.263. The first-order chi connectivity index (χ1) is 12.3. The van der Waals surface area contributed by atoms with E-state index in [0.717, 1.165) is 30.9 Å². The number of rotatable bonds is 5. The molecule has 6 nitrogen and oxygen atoms in total. The van der Waals surface area contributed by atoms with Crippen LogP contribution in [-0.4, -0.2) is 34.4 Å². The number of aromatic nitrogens is 2. The summed E-state index contributed by atoms with van der Waals surface area (Å²) in [6.07, 6.45) is 4.86. The Morgan fingerprint density at radius 2 is 2.28 bits per heavy atom. The second-order valence-electron chi connectivity index (χ2n) is 6.18. The highest BCUT2D eigenvalue weighted by Gasteiger charge is 2.17. The van der Waals surface area contributed by atoms with E-state index in [-0.39, 0.29) is 11.9 Å². The number of pyridine rings is 1. The van der Waals surface area contributed by atoms with Crippen LogP contribution in [0.15, 0.2) is 54.9 Å². The summed E-state index contributed by atoms with van der Waals surface area (Å²) in [6, 6.07) is 13.3. The van der Waals surface area contributed by atoms with Gasteiger partial charge in [0.05, 0.1) is 5.69 Å². The van der Waals surface area contributed by atoms with Gasteiger partial charge in [-0.1, -0.05) is 12.1 Å². The molecule has 0 bridgehead atoms. The van der Waals surface area contributed by atoms with Crippen molar-refractivity contribution in [3.05, 3.63) is 66.1 Å². The number of nitrogens with zero attached hydrogens (tertiary/aromatic N) is 2. The SMILES string of the molecule is O=C(NC1CCNC1)c1cccc(OCc2cn3ccccc3n2)c1. The molecule has 128 valence electrons. The van der Waals surface area contributed by atoms with E-state index in [9.17, 15) is 4.79 Å². The lowest BCUT2D eigenvalue weighted by Gasteiger charge is -2.12. The van der Waals surface area contributed by atoms with Crippen LogP contribution >= 0.6 is 0 Å². The molecule has 4 rings (SSSR count). The smallest absolute Gasteiger partial charge is 0.251 e. The Morgan fingerprint density at radius 1 is 1.32 bits per heavy atom. The molecule has 3 heterocycles. The van der Waals surface area contributed by atoms with Crippen molar-refractivity contribution in [1.82, 2.24) is 20.0 Å². The normalized spacial score (nSPS) is 16.9. The van der Waals surface area contributed by atoms with Crippen LogP contribution < -0.4 is 15.4 Å². The summed E-state index contributed by atoms with van der Waals surface area (Å²) < 4.78 is 7.77. The largest absolute Gasteiger partial charge is 0.487 e. The first-order valence-corrected chi connectivity index (χ1v) is 8.45. The van der Waals surface area contributed by atoms with E-state index in [4.69, 9.17) is 4.74 Å².